The lowest BCUT2D eigenvalue weighted by Crippen LogP contribution is -2.49. The van der Waals surface area contributed by atoms with Gasteiger partial charge < -0.3 is 9.84 Å². The summed E-state index contributed by atoms with van der Waals surface area (Å²) in [6, 6.07) is 10.3. The largest absolute Gasteiger partial charge is 0.462 e. The number of cyclic esters (lactones) is 1. The van der Waals surface area contributed by atoms with Gasteiger partial charge in [-0.05, 0) is 60.9 Å². The van der Waals surface area contributed by atoms with Crippen LogP contribution in [-0.2, 0) is 9.53 Å². The van der Waals surface area contributed by atoms with Crippen LogP contribution >= 0.6 is 0 Å². The molecular weight excluding hydrogens is 381 g/mol. The summed E-state index contributed by atoms with van der Waals surface area (Å²) in [6.45, 7) is 6.09. The molecule has 2 fully saturated rings. The van der Waals surface area contributed by atoms with Crippen molar-refractivity contribution in [3.8, 4) is 11.1 Å². The molecule has 1 aliphatic carbocycles. The first-order valence-corrected chi connectivity index (χ1v) is 10.6. The summed E-state index contributed by atoms with van der Waals surface area (Å²) in [6.07, 6.45) is 6.27. The Morgan fingerprint density at radius 1 is 1.23 bits per heavy atom. The molecule has 1 saturated carbocycles. The van der Waals surface area contributed by atoms with Crippen molar-refractivity contribution in [3.63, 3.8) is 0 Å². The molecule has 1 aromatic heterocycles. The summed E-state index contributed by atoms with van der Waals surface area (Å²) >= 11 is 0. The van der Waals surface area contributed by atoms with Gasteiger partial charge in [-0.1, -0.05) is 38.1 Å². The van der Waals surface area contributed by atoms with E-state index in [9.17, 15) is 14.3 Å². The number of aliphatic hydroxyl groups excluding tert-OH is 1. The number of hydrogen-bond donors (Lipinski definition) is 1. The molecule has 2 heterocycles. The van der Waals surface area contributed by atoms with Crippen molar-refractivity contribution in [1.82, 2.24) is 4.98 Å². The zero-order valence-electron chi connectivity index (χ0n) is 17.6. The summed E-state index contributed by atoms with van der Waals surface area (Å²) < 4.78 is 19.0. The number of fused-ring (bicyclic) bond motifs is 1. The molecule has 158 valence electrons. The van der Waals surface area contributed by atoms with Crippen LogP contribution in [0.25, 0.3) is 17.2 Å². The summed E-state index contributed by atoms with van der Waals surface area (Å²) in [4.78, 5) is 17.1. The highest BCUT2D eigenvalue weighted by atomic mass is 19.1. The minimum Gasteiger partial charge on any atom is -0.462 e. The Morgan fingerprint density at radius 2 is 2.03 bits per heavy atom. The molecule has 30 heavy (non-hydrogen) atoms. The molecule has 4 rings (SSSR count). The molecule has 1 N–H and O–H groups in total. The Labute approximate surface area is 176 Å². The molecule has 6 atom stereocenters. The Balaban J connectivity index is 1.60. The molecule has 0 unspecified atom stereocenters. The standard InChI is InChI=1S/C25H28FNO3/c1-15-12-25(14-28)23(17(3)30-24(25)29)22(16(15)2)10-9-21-8-7-19(13-27-21)18-5-4-6-20(26)11-18/h4-11,13,15-17,22-23,28H,12,14H2,1-3H3/t15-,16+,17+,22-,23-,25-/m0/s1. The lowest BCUT2D eigenvalue weighted by atomic mass is 9.55. The number of esters is 1. The summed E-state index contributed by atoms with van der Waals surface area (Å²) in [7, 11) is 0. The molecule has 0 radical (unpaired) electrons. The number of pyridine rings is 1. The number of nitrogens with zero attached hydrogens (tertiary/aromatic N) is 1. The highest BCUT2D eigenvalue weighted by molar-refractivity contribution is 5.80. The van der Waals surface area contributed by atoms with Gasteiger partial charge in [-0.25, -0.2) is 4.39 Å². The van der Waals surface area contributed by atoms with Crippen LogP contribution in [0.2, 0.25) is 0 Å². The Morgan fingerprint density at radius 3 is 2.70 bits per heavy atom. The van der Waals surface area contributed by atoms with Gasteiger partial charge in [0.05, 0.1) is 17.7 Å². The van der Waals surface area contributed by atoms with Crippen molar-refractivity contribution in [2.45, 2.75) is 33.3 Å². The van der Waals surface area contributed by atoms with Crippen LogP contribution in [0.5, 0.6) is 0 Å². The van der Waals surface area contributed by atoms with Crippen molar-refractivity contribution in [2.24, 2.45) is 29.1 Å². The molecule has 2 aliphatic rings. The fourth-order valence-corrected chi connectivity index (χ4v) is 5.39. The molecular formula is C25H28FNO3. The summed E-state index contributed by atoms with van der Waals surface area (Å²) in [5.74, 6) is 0.165. The van der Waals surface area contributed by atoms with E-state index in [-0.39, 0.29) is 36.3 Å². The second-order valence-electron chi connectivity index (χ2n) is 8.91. The SMILES string of the molecule is C[C@H]1[C@H](C=Cc2ccc(-c3cccc(F)c3)cn2)[C@@H]2[C@@H](C)OC(=O)[C@]2(CO)C[C@@H]1C. The van der Waals surface area contributed by atoms with E-state index in [1.165, 1.54) is 12.1 Å². The van der Waals surface area contributed by atoms with Crippen LogP contribution in [0.3, 0.4) is 0 Å². The van der Waals surface area contributed by atoms with Crippen molar-refractivity contribution in [3.05, 3.63) is 60.2 Å². The Kier molecular flexibility index (Phi) is 5.49. The van der Waals surface area contributed by atoms with E-state index < -0.39 is 5.41 Å². The normalized spacial score (nSPS) is 33.5. The predicted octanol–water partition coefficient (Wildman–Crippen LogP) is 4.73. The second kappa shape index (κ2) is 7.95. The van der Waals surface area contributed by atoms with Crippen LogP contribution in [0.1, 0.15) is 32.9 Å². The number of carbonyl (C=O) groups excluding carboxylic acids is 1. The first-order valence-electron chi connectivity index (χ1n) is 10.6. The average molecular weight is 410 g/mol. The van der Waals surface area contributed by atoms with Crippen LogP contribution in [0, 0.1) is 34.9 Å². The van der Waals surface area contributed by atoms with Crippen LogP contribution in [0.4, 0.5) is 4.39 Å². The molecule has 4 nitrogen and oxygen atoms in total. The molecule has 2 aromatic rings. The molecule has 1 aliphatic heterocycles. The number of rotatable bonds is 4. The molecule has 5 heteroatoms. The van der Waals surface area contributed by atoms with Gasteiger partial charge in [0.2, 0.25) is 0 Å². The molecule has 0 spiro atoms. The van der Waals surface area contributed by atoms with Gasteiger partial charge in [0.15, 0.2) is 0 Å². The van der Waals surface area contributed by atoms with E-state index >= 15 is 0 Å². The van der Waals surface area contributed by atoms with E-state index in [2.05, 4.69) is 24.9 Å². The number of aromatic nitrogens is 1. The Hall–Kier alpha value is -2.53. The van der Waals surface area contributed by atoms with Crippen LogP contribution in [-0.4, -0.2) is 28.8 Å². The quantitative estimate of drug-likeness (QED) is 0.742. The fraction of sp³-hybridized carbons (Fsp3) is 0.440. The van der Waals surface area contributed by atoms with Gasteiger partial charge >= 0.3 is 5.97 Å². The minimum absolute atomic E-state index is 0.0518. The number of benzene rings is 1. The monoisotopic (exact) mass is 409 g/mol. The lowest BCUT2D eigenvalue weighted by Gasteiger charge is -2.46. The zero-order chi connectivity index (χ0) is 21.5. The second-order valence-corrected chi connectivity index (χ2v) is 8.91. The highest BCUT2D eigenvalue weighted by Gasteiger charge is 2.61. The van der Waals surface area contributed by atoms with Gasteiger partial charge in [-0.3, -0.25) is 9.78 Å². The number of carbonyl (C=O) groups is 1. The minimum atomic E-state index is -0.810. The van der Waals surface area contributed by atoms with Crippen molar-refractivity contribution in [2.75, 3.05) is 6.61 Å². The van der Waals surface area contributed by atoms with Gasteiger partial charge in [-0.15, -0.1) is 0 Å². The van der Waals surface area contributed by atoms with Crippen LogP contribution in [0.15, 0.2) is 48.7 Å². The summed E-state index contributed by atoms with van der Waals surface area (Å²) in [5.41, 5.74) is 1.63. The van der Waals surface area contributed by atoms with Crippen molar-refractivity contribution in [1.29, 1.82) is 0 Å². The van der Waals surface area contributed by atoms with E-state index in [1.54, 1.807) is 12.3 Å². The van der Waals surface area contributed by atoms with Gasteiger partial charge in [0.25, 0.3) is 0 Å². The van der Waals surface area contributed by atoms with Crippen molar-refractivity contribution >= 4 is 12.0 Å². The fourth-order valence-electron chi connectivity index (χ4n) is 5.39. The third-order valence-corrected chi connectivity index (χ3v) is 7.16. The lowest BCUT2D eigenvalue weighted by molar-refractivity contribution is -0.153. The third kappa shape index (κ3) is 3.45. The van der Waals surface area contributed by atoms with Crippen LogP contribution < -0.4 is 0 Å². The maximum Gasteiger partial charge on any atom is 0.315 e. The number of aliphatic hydroxyl groups is 1. The van der Waals surface area contributed by atoms with Gasteiger partial charge in [-0.2, -0.15) is 0 Å². The molecule has 1 aromatic carbocycles. The maximum atomic E-state index is 13.5. The van der Waals surface area contributed by atoms with E-state index in [0.717, 1.165) is 16.8 Å². The predicted molar refractivity (Wildman–Crippen MR) is 114 cm³/mol. The first-order chi connectivity index (χ1) is 14.4. The number of halogens is 1. The van der Waals surface area contributed by atoms with Crippen molar-refractivity contribution < 1.29 is 19.0 Å². The van der Waals surface area contributed by atoms with Gasteiger partial charge in [0.1, 0.15) is 11.9 Å². The van der Waals surface area contributed by atoms with E-state index in [1.807, 2.05) is 31.2 Å². The summed E-state index contributed by atoms with van der Waals surface area (Å²) in [5, 5.41) is 10.1. The Bertz CT molecular complexity index is 957. The maximum absolute atomic E-state index is 13.5. The topological polar surface area (TPSA) is 59.4 Å². The third-order valence-electron chi connectivity index (χ3n) is 7.16. The molecule has 0 bridgehead atoms. The molecule has 0 amide bonds. The average Bonchev–Trinajstić information content (AvgIpc) is 2.98. The highest BCUT2D eigenvalue weighted by Crippen LogP contribution is 2.56. The number of ether oxygens (including phenoxy) is 1. The first kappa shape index (κ1) is 20.7. The zero-order valence-corrected chi connectivity index (χ0v) is 17.6. The molecule has 1 saturated heterocycles. The van der Waals surface area contributed by atoms with Gasteiger partial charge in [0, 0.05) is 17.7 Å². The number of hydrogen-bond acceptors (Lipinski definition) is 4. The smallest absolute Gasteiger partial charge is 0.315 e. The van der Waals surface area contributed by atoms with E-state index in [4.69, 9.17) is 4.74 Å². The van der Waals surface area contributed by atoms with E-state index in [0.29, 0.717) is 18.3 Å². The number of allylic oxidation sites excluding steroid dienone is 1.